The lowest BCUT2D eigenvalue weighted by Gasteiger charge is -1.91. The van der Waals surface area contributed by atoms with Crippen molar-refractivity contribution in [1.82, 2.24) is 0 Å². The fraction of sp³-hybridized carbons (Fsp3) is 0.375. The molecule has 0 unspecified atom stereocenters. The Hall–Kier alpha value is -1.66. The van der Waals surface area contributed by atoms with Crippen molar-refractivity contribution in [3.8, 4) is 0 Å². The van der Waals surface area contributed by atoms with Crippen molar-refractivity contribution in [3.05, 3.63) is 42.8 Å². The zero-order valence-electron chi connectivity index (χ0n) is 13.1. The average molecular weight is 340 g/mol. The van der Waals surface area contributed by atoms with Gasteiger partial charge in [0.05, 0.1) is 12.8 Å². The topological polar surface area (TPSA) is 74.6 Å². The van der Waals surface area contributed by atoms with E-state index < -0.39 is 11.9 Å². The first kappa shape index (κ1) is 18.4. The van der Waals surface area contributed by atoms with Crippen LogP contribution in [0.3, 0.4) is 0 Å². The lowest BCUT2D eigenvalue weighted by Crippen LogP contribution is -1.99. The molecule has 0 bridgehead atoms. The van der Waals surface area contributed by atoms with Crippen molar-refractivity contribution in [2.24, 2.45) is 0 Å². The smallest absolute Gasteiger partial charge is 0.307 e. The summed E-state index contributed by atoms with van der Waals surface area (Å²) < 4.78 is 0. The van der Waals surface area contributed by atoms with Crippen molar-refractivity contribution < 1.29 is 19.8 Å². The minimum absolute atomic E-state index is 0.149. The summed E-state index contributed by atoms with van der Waals surface area (Å²) in [5.74, 6) is -1.52. The van der Waals surface area contributed by atoms with Crippen LogP contribution in [0.4, 0.5) is 0 Å². The highest BCUT2D eigenvalue weighted by Crippen LogP contribution is 2.21. The number of hydrogen-bond donors (Lipinski definition) is 2. The first-order valence-corrected chi connectivity index (χ1v) is 8.37. The SMILES string of the molecule is Cc1cc(CC(=O)O)c(C)s1.Cc1cc(CC(=O)O)c(C)s1. The highest BCUT2D eigenvalue weighted by molar-refractivity contribution is 7.12. The molecule has 6 heteroatoms. The van der Waals surface area contributed by atoms with Gasteiger partial charge in [0.25, 0.3) is 0 Å². The van der Waals surface area contributed by atoms with Gasteiger partial charge in [0.15, 0.2) is 0 Å². The molecule has 2 N–H and O–H groups in total. The molecule has 0 aliphatic carbocycles. The number of carboxylic acid groups (broad SMARTS) is 2. The Morgan fingerprint density at radius 1 is 0.818 bits per heavy atom. The Balaban J connectivity index is 0.000000220. The first-order chi connectivity index (χ1) is 10.2. The molecule has 120 valence electrons. The number of aliphatic carboxylic acids is 2. The van der Waals surface area contributed by atoms with Gasteiger partial charge < -0.3 is 10.2 Å². The largest absolute Gasteiger partial charge is 0.481 e. The second kappa shape index (κ2) is 8.10. The zero-order chi connectivity index (χ0) is 16.9. The van der Waals surface area contributed by atoms with Crippen molar-refractivity contribution in [1.29, 1.82) is 0 Å². The lowest BCUT2D eigenvalue weighted by atomic mass is 10.2. The maximum Gasteiger partial charge on any atom is 0.307 e. The third-order valence-corrected chi connectivity index (χ3v) is 4.99. The number of aryl methyl sites for hydroxylation is 4. The van der Waals surface area contributed by atoms with Crippen molar-refractivity contribution >= 4 is 34.6 Å². The van der Waals surface area contributed by atoms with Gasteiger partial charge in [-0.1, -0.05) is 0 Å². The molecule has 0 aliphatic rings. The monoisotopic (exact) mass is 340 g/mol. The molecule has 0 fully saturated rings. The summed E-state index contributed by atoms with van der Waals surface area (Å²) in [6.07, 6.45) is 0.298. The van der Waals surface area contributed by atoms with Crippen LogP contribution in [0, 0.1) is 27.7 Å². The molecule has 2 aromatic rings. The molecular weight excluding hydrogens is 320 g/mol. The fourth-order valence-corrected chi connectivity index (χ4v) is 3.94. The van der Waals surface area contributed by atoms with Gasteiger partial charge in [0, 0.05) is 19.5 Å². The maximum atomic E-state index is 10.3. The summed E-state index contributed by atoms with van der Waals surface area (Å²) in [6.45, 7) is 7.89. The summed E-state index contributed by atoms with van der Waals surface area (Å²) in [5, 5.41) is 17.0. The minimum atomic E-state index is -0.758. The van der Waals surface area contributed by atoms with Gasteiger partial charge in [0.2, 0.25) is 0 Å². The van der Waals surface area contributed by atoms with E-state index in [4.69, 9.17) is 10.2 Å². The minimum Gasteiger partial charge on any atom is -0.481 e. The van der Waals surface area contributed by atoms with Crippen LogP contribution >= 0.6 is 22.7 Å². The van der Waals surface area contributed by atoms with Crippen molar-refractivity contribution in [2.45, 2.75) is 40.5 Å². The molecule has 0 radical (unpaired) electrons. The van der Waals surface area contributed by atoms with E-state index in [-0.39, 0.29) is 12.8 Å². The van der Waals surface area contributed by atoms with Gasteiger partial charge in [-0.15, -0.1) is 22.7 Å². The van der Waals surface area contributed by atoms with E-state index in [1.54, 1.807) is 22.7 Å². The molecular formula is C16H20O4S2. The summed E-state index contributed by atoms with van der Waals surface area (Å²) in [5.41, 5.74) is 1.89. The number of hydrogen-bond acceptors (Lipinski definition) is 4. The lowest BCUT2D eigenvalue weighted by molar-refractivity contribution is -0.137. The Kier molecular flexibility index (Phi) is 6.77. The molecule has 0 saturated carbocycles. The van der Waals surface area contributed by atoms with Crippen LogP contribution in [0.15, 0.2) is 12.1 Å². The zero-order valence-corrected chi connectivity index (χ0v) is 14.7. The highest BCUT2D eigenvalue weighted by atomic mass is 32.1. The third-order valence-electron chi connectivity index (χ3n) is 2.97. The van der Waals surface area contributed by atoms with Crippen LogP contribution in [-0.4, -0.2) is 22.2 Å². The van der Waals surface area contributed by atoms with Gasteiger partial charge in [0.1, 0.15) is 0 Å². The molecule has 2 aromatic heterocycles. The molecule has 0 aromatic carbocycles. The highest BCUT2D eigenvalue weighted by Gasteiger charge is 2.06. The summed E-state index contributed by atoms with van der Waals surface area (Å²) in [7, 11) is 0. The van der Waals surface area contributed by atoms with Crippen LogP contribution in [0.25, 0.3) is 0 Å². The summed E-state index contributed by atoms with van der Waals surface area (Å²) in [6, 6.07) is 3.88. The van der Waals surface area contributed by atoms with Crippen LogP contribution < -0.4 is 0 Å². The predicted molar refractivity (Wildman–Crippen MR) is 90.3 cm³/mol. The van der Waals surface area contributed by atoms with Crippen LogP contribution in [0.5, 0.6) is 0 Å². The van der Waals surface area contributed by atoms with E-state index in [2.05, 4.69) is 0 Å². The number of carbonyl (C=O) groups is 2. The molecule has 0 atom stereocenters. The van der Waals surface area contributed by atoms with Crippen molar-refractivity contribution in [3.63, 3.8) is 0 Å². The third kappa shape index (κ3) is 5.99. The van der Waals surface area contributed by atoms with Crippen molar-refractivity contribution in [2.75, 3.05) is 0 Å². The quantitative estimate of drug-likeness (QED) is 0.882. The van der Waals surface area contributed by atoms with Gasteiger partial charge >= 0.3 is 11.9 Å². The molecule has 0 aliphatic heterocycles. The number of thiophene rings is 2. The molecule has 2 rings (SSSR count). The molecule has 22 heavy (non-hydrogen) atoms. The maximum absolute atomic E-state index is 10.3. The molecule has 0 saturated heterocycles. The predicted octanol–water partition coefficient (Wildman–Crippen LogP) is 3.98. The normalized spacial score (nSPS) is 10.0. The fourth-order valence-electron chi connectivity index (χ4n) is 2.04. The molecule has 4 nitrogen and oxygen atoms in total. The van der Waals surface area contributed by atoms with E-state index in [0.717, 1.165) is 20.9 Å². The van der Waals surface area contributed by atoms with E-state index in [1.165, 1.54) is 9.75 Å². The van der Waals surface area contributed by atoms with Gasteiger partial charge in [-0.2, -0.15) is 0 Å². The second-order valence-electron chi connectivity index (χ2n) is 5.02. The second-order valence-corrected chi connectivity index (χ2v) is 7.94. The number of rotatable bonds is 4. The molecule has 2 heterocycles. The van der Waals surface area contributed by atoms with E-state index >= 15 is 0 Å². The molecule has 0 amide bonds. The standard InChI is InChI=1S/2C8H10O2S/c2*1-5-3-7(4-8(9)10)6(2)11-5/h2*3H,4H2,1-2H3,(H,9,10). The Labute approximate surface area is 138 Å². The summed E-state index contributed by atoms with van der Waals surface area (Å²) >= 11 is 3.30. The summed E-state index contributed by atoms with van der Waals surface area (Å²) in [4.78, 5) is 25.3. The van der Waals surface area contributed by atoms with Gasteiger partial charge in [-0.05, 0) is 51.0 Å². The van der Waals surface area contributed by atoms with Crippen LogP contribution in [0.1, 0.15) is 30.6 Å². The average Bonchev–Trinajstić information content (AvgIpc) is 2.81. The van der Waals surface area contributed by atoms with E-state index in [1.807, 2.05) is 39.8 Å². The number of carboxylic acids is 2. The van der Waals surface area contributed by atoms with Gasteiger partial charge in [-0.25, -0.2) is 0 Å². The van der Waals surface area contributed by atoms with E-state index in [0.29, 0.717) is 0 Å². The Morgan fingerprint density at radius 2 is 1.14 bits per heavy atom. The Morgan fingerprint density at radius 3 is 1.32 bits per heavy atom. The van der Waals surface area contributed by atoms with E-state index in [9.17, 15) is 9.59 Å². The van der Waals surface area contributed by atoms with Crippen LogP contribution in [0.2, 0.25) is 0 Å². The molecule has 0 spiro atoms. The first-order valence-electron chi connectivity index (χ1n) is 6.74. The van der Waals surface area contributed by atoms with Gasteiger partial charge in [-0.3, -0.25) is 9.59 Å². The Bertz CT molecular complexity index is 609. The van der Waals surface area contributed by atoms with Crippen LogP contribution in [-0.2, 0) is 22.4 Å².